The van der Waals surface area contributed by atoms with Crippen molar-refractivity contribution in [3.63, 3.8) is 0 Å². The smallest absolute Gasteiger partial charge is 0.100 e. The molecule has 0 amide bonds. The van der Waals surface area contributed by atoms with E-state index in [4.69, 9.17) is 0 Å². The third-order valence-electron chi connectivity index (χ3n) is 10.6. The normalized spacial score (nSPS) is 11.3. The molecule has 0 aliphatic carbocycles. The van der Waals surface area contributed by atoms with Gasteiger partial charge < -0.3 is 9.13 Å². The first-order valence-electron chi connectivity index (χ1n) is 18.0. The molecule has 0 atom stereocenters. The molecule has 4 heteroatoms. The summed E-state index contributed by atoms with van der Waals surface area (Å²) in [4.78, 5) is 0. The zero-order valence-electron chi connectivity index (χ0n) is 29.1. The van der Waals surface area contributed by atoms with Crippen molar-refractivity contribution in [2.45, 2.75) is 0 Å². The summed E-state index contributed by atoms with van der Waals surface area (Å²) < 4.78 is 4.73. The Morgan fingerprint density at radius 2 is 0.889 bits per heavy atom. The summed E-state index contributed by atoms with van der Waals surface area (Å²) in [5.41, 5.74) is 12.5. The Bertz CT molecular complexity index is 3140. The van der Waals surface area contributed by atoms with Crippen molar-refractivity contribution in [3.05, 3.63) is 193 Å². The summed E-state index contributed by atoms with van der Waals surface area (Å²) >= 11 is 0. The number of aromatic nitrogens is 2. The van der Waals surface area contributed by atoms with Gasteiger partial charge in [-0.1, -0.05) is 127 Å². The van der Waals surface area contributed by atoms with Crippen LogP contribution in [0.15, 0.2) is 182 Å². The Morgan fingerprint density at radius 3 is 1.54 bits per heavy atom. The monoisotopic (exact) mass is 686 g/mol. The number of para-hydroxylation sites is 3. The first-order chi connectivity index (χ1) is 26.7. The molecular weight excluding hydrogens is 657 g/mol. The van der Waals surface area contributed by atoms with Crippen molar-refractivity contribution in [1.29, 1.82) is 10.5 Å². The topological polar surface area (TPSA) is 57.4 Å². The first-order valence-corrected chi connectivity index (χ1v) is 18.0. The molecule has 10 aromatic rings. The van der Waals surface area contributed by atoms with Crippen LogP contribution in [0.1, 0.15) is 11.1 Å². The molecule has 0 bridgehead atoms. The highest BCUT2D eigenvalue weighted by atomic mass is 15.0. The van der Waals surface area contributed by atoms with Gasteiger partial charge in [0.1, 0.15) is 12.1 Å². The summed E-state index contributed by atoms with van der Waals surface area (Å²) in [6.45, 7) is 0. The maximum absolute atomic E-state index is 11.0. The molecule has 0 saturated heterocycles. The molecule has 0 saturated carbocycles. The number of nitriles is 2. The van der Waals surface area contributed by atoms with E-state index in [1.807, 2.05) is 72.8 Å². The van der Waals surface area contributed by atoms with E-state index >= 15 is 0 Å². The predicted octanol–water partition coefficient (Wildman–Crippen LogP) is 12.6. The molecule has 0 aliphatic rings. The fourth-order valence-electron chi connectivity index (χ4n) is 8.31. The zero-order chi connectivity index (χ0) is 36.2. The lowest BCUT2D eigenvalue weighted by molar-refractivity contribution is 1.17. The predicted molar refractivity (Wildman–Crippen MR) is 221 cm³/mol. The quantitative estimate of drug-likeness (QED) is 0.181. The molecule has 2 heterocycles. The number of rotatable bonds is 5. The molecule has 250 valence electrons. The summed E-state index contributed by atoms with van der Waals surface area (Å²) in [5.74, 6) is 0. The van der Waals surface area contributed by atoms with E-state index in [1.54, 1.807) is 0 Å². The summed E-state index contributed by atoms with van der Waals surface area (Å²) in [7, 11) is 0. The van der Waals surface area contributed by atoms with E-state index in [0.29, 0.717) is 16.7 Å². The molecule has 10 rings (SSSR count). The molecule has 8 aromatic carbocycles. The molecule has 2 aromatic heterocycles. The number of hydrogen-bond acceptors (Lipinski definition) is 2. The summed E-state index contributed by atoms with van der Waals surface area (Å²) in [6, 6.07) is 67.6. The molecule has 0 spiro atoms. The van der Waals surface area contributed by atoms with Gasteiger partial charge in [-0.3, -0.25) is 0 Å². The van der Waals surface area contributed by atoms with E-state index in [2.05, 4.69) is 130 Å². The molecule has 0 fully saturated rings. The minimum Gasteiger partial charge on any atom is -0.309 e. The Morgan fingerprint density at radius 1 is 0.370 bits per heavy atom. The van der Waals surface area contributed by atoms with E-state index in [0.717, 1.165) is 72.0 Å². The molecule has 0 unspecified atom stereocenters. The minimum absolute atomic E-state index is 0.479. The largest absolute Gasteiger partial charge is 0.309 e. The maximum Gasteiger partial charge on any atom is 0.100 e. The van der Waals surface area contributed by atoms with Crippen molar-refractivity contribution < 1.29 is 0 Å². The second-order valence-corrected chi connectivity index (χ2v) is 13.5. The van der Waals surface area contributed by atoms with Gasteiger partial charge in [0.25, 0.3) is 0 Å². The van der Waals surface area contributed by atoms with Crippen LogP contribution in [0.4, 0.5) is 0 Å². The van der Waals surface area contributed by atoms with E-state index in [1.165, 1.54) is 10.8 Å². The Balaban J connectivity index is 1.37. The fourth-order valence-corrected chi connectivity index (χ4v) is 8.31. The summed E-state index contributed by atoms with van der Waals surface area (Å²) in [5, 5.41) is 26.2. The van der Waals surface area contributed by atoms with Crippen LogP contribution >= 0.6 is 0 Å². The van der Waals surface area contributed by atoms with Crippen LogP contribution in [0.2, 0.25) is 0 Å². The third-order valence-corrected chi connectivity index (χ3v) is 10.6. The Hall–Kier alpha value is -7.66. The second-order valence-electron chi connectivity index (χ2n) is 13.5. The SMILES string of the molecule is N#Cc1c(-c2ccccc2)cc(-c2ccc3c(c2)c2c(ccc4c5ccccc5n(-c5ccccc5)c42)n3-c2ccccc2)c(C#N)c1-c1ccccc1. The van der Waals surface area contributed by atoms with Crippen LogP contribution in [0.5, 0.6) is 0 Å². The van der Waals surface area contributed by atoms with Crippen molar-refractivity contribution in [3.8, 4) is 56.9 Å². The van der Waals surface area contributed by atoms with Crippen molar-refractivity contribution >= 4 is 43.6 Å². The minimum atomic E-state index is 0.479. The fraction of sp³-hybridized carbons (Fsp3) is 0. The van der Waals surface area contributed by atoms with Gasteiger partial charge in [0.05, 0.1) is 33.2 Å². The molecule has 0 N–H and O–H groups in total. The highest BCUT2D eigenvalue weighted by molar-refractivity contribution is 6.26. The number of nitrogens with zero attached hydrogens (tertiary/aromatic N) is 4. The van der Waals surface area contributed by atoms with Crippen LogP contribution in [-0.4, -0.2) is 9.13 Å². The van der Waals surface area contributed by atoms with Crippen molar-refractivity contribution in [2.75, 3.05) is 0 Å². The van der Waals surface area contributed by atoms with Gasteiger partial charge in [0, 0.05) is 49.6 Å². The lowest BCUT2D eigenvalue weighted by Gasteiger charge is -2.17. The maximum atomic E-state index is 11.0. The Labute approximate surface area is 312 Å². The van der Waals surface area contributed by atoms with Crippen molar-refractivity contribution in [1.82, 2.24) is 9.13 Å². The van der Waals surface area contributed by atoms with E-state index < -0.39 is 0 Å². The molecule has 54 heavy (non-hydrogen) atoms. The molecule has 0 aliphatic heterocycles. The Kier molecular flexibility index (Phi) is 7.22. The lowest BCUT2D eigenvalue weighted by atomic mass is 9.84. The lowest BCUT2D eigenvalue weighted by Crippen LogP contribution is -1.98. The van der Waals surface area contributed by atoms with Gasteiger partial charge in [0.2, 0.25) is 0 Å². The van der Waals surface area contributed by atoms with Crippen LogP contribution in [0.3, 0.4) is 0 Å². The zero-order valence-corrected chi connectivity index (χ0v) is 29.1. The average Bonchev–Trinajstić information content (AvgIpc) is 3.76. The van der Waals surface area contributed by atoms with Gasteiger partial charge in [-0.2, -0.15) is 10.5 Å². The molecular formula is C50H30N4. The molecule has 0 radical (unpaired) electrons. The standard InChI is InChI=1S/C50H30N4/c51-31-43-40(33-15-5-1-6-16-33)30-41(44(32-52)48(43)34-17-7-2-8-18-34)35-25-27-46-42(29-35)49-47(53(46)36-19-9-3-10-20-36)28-26-39-38-23-13-14-24-45(38)54(50(39)49)37-21-11-4-12-22-37/h1-30H. The van der Waals surface area contributed by atoms with Gasteiger partial charge in [0.15, 0.2) is 0 Å². The number of hydrogen-bond donors (Lipinski definition) is 0. The number of benzene rings is 8. The highest BCUT2D eigenvalue weighted by Gasteiger charge is 2.24. The summed E-state index contributed by atoms with van der Waals surface area (Å²) in [6.07, 6.45) is 0. The third kappa shape index (κ3) is 4.68. The van der Waals surface area contributed by atoms with Gasteiger partial charge in [-0.05, 0) is 71.3 Å². The van der Waals surface area contributed by atoms with E-state index in [-0.39, 0.29) is 0 Å². The molecule has 4 nitrogen and oxygen atoms in total. The van der Waals surface area contributed by atoms with Crippen molar-refractivity contribution in [2.24, 2.45) is 0 Å². The van der Waals surface area contributed by atoms with Gasteiger partial charge >= 0.3 is 0 Å². The van der Waals surface area contributed by atoms with Gasteiger partial charge in [-0.15, -0.1) is 0 Å². The van der Waals surface area contributed by atoms with Gasteiger partial charge in [-0.25, -0.2) is 0 Å². The highest BCUT2D eigenvalue weighted by Crippen LogP contribution is 2.45. The van der Waals surface area contributed by atoms with Crippen LogP contribution < -0.4 is 0 Å². The number of fused-ring (bicyclic) bond motifs is 7. The van der Waals surface area contributed by atoms with E-state index in [9.17, 15) is 10.5 Å². The first kappa shape index (κ1) is 31.1. The van der Waals surface area contributed by atoms with Crippen LogP contribution in [-0.2, 0) is 0 Å². The second kappa shape index (κ2) is 12.5. The average molecular weight is 687 g/mol. The van der Waals surface area contributed by atoms with Crippen LogP contribution in [0, 0.1) is 22.7 Å². The van der Waals surface area contributed by atoms with Crippen LogP contribution in [0.25, 0.3) is 88.4 Å².